The molecule has 6 heteroatoms. The lowest BCUT2D eigenvalue weighted by Crippen LogP contribution is -2.37. The summed E-state index contributed by atoms with van der Waals surface area (Å²) < 4.78 is 23.1. The largest absolute Gasteiger partial charge is 0.496 e. The Hall–Kier alpha value is -3.06. The molecular weight excluding hydrogens is 452 g/mol. The van der Waals surface area contributed by atoms with Crippen LogP contribution < -0.4 is 19.5 Å². The summed E-state index contributed by atoms with van der Waals surface area (Å²) in [6.45, 7) is 9.05. The first-order valence-corrected chi connectivity index (χ1v) is 12.7. The molecule has 0 aromatic heterocycles. The second-order valence-electron chi connectivity index (χ2n) is 9.04. The average Bonchev–Trinajstić information content (AvgIpc) is 2.93. The topological polar surface area (TPSA) is 52.2 Å². The summed E-state index contributed by atoms with van der Waals surface area (Å²) in [5.74, 6) is 2.25. The Morgan fingerprint density at radius 3 is 2.33 bits per heavy atom. The molecule has 4 rings (SSSR count). The van der Waals surface area contributed by atoms with Crippen LogP contribution in [0.15, 0.2) is 60.7 Å². The van der Waals surface area contributed by atoms with E-state index in [0.29, 0.717) is 13.2 Å². The fourth-order valence-corrected chi connectivity index (χ4v) is 4.61. The second kappa shape index (κ2) is 13.3. The van der Waals surface area contributed by atoms with Gasteiger partial charge in [-0.15, -0.1) is 0 Å². The number of nitrogens with zero attached hydrogens (tertiary/aromatic N) is 1. The van der Waals surface area contributed by atoms with Crippen molar-refractivity contribution < 1.29 is 18.9 Å². The lowest BCUT2D eigenvalue weighted by molar-refractivity contribution is 0.0374. The van der Waals surface area contributed by atoms with Gasteiger partial charge in [-0.25, -0.2) is 0 Å². The van der Waals surface area contributed by atoms with Crippen LogP contribution >= 0.6 is 0 Å². The van der Waals surface area contributed by atoms with Crippen LogP contribution in [0.3, 0.4) is 0 Å². The van der Waals surface area contributed by atoms with Crippen molar-refractivity contribution in [2.45, 2.75) is 26.5 Å². The van der Waals surface area contributed by atoms with E-state index in [1.54, 1.807) is 14.2 Å². The summed E-state index contributed by atoms with van der Waals surface area (Å²) in [4.78, 5) is 2.45. The van der Waals surface area contributed by atoms with Crippen LogP contribution in [0, 0.1) is 6.92 Å². The number of hydrogen-bond acceptors (Lipinski definition) is 6. The average molecular weight is 491 g/mol. The van der Waals surface area contributed by atoms with Crippen LogP contribution in [0.25, 0.3) is 11.1 Å². The highest BCUT2D eigenvalue weighted by Crippen LogP contribution is 2.35. The molecule has 0 saturated carbocycles. The van der Waals surface area contributed by atoms with Gasteiger partial charge in [0.1, 0.15) is 23.9 Å². The van der Waals surface area contributed by atoms with E-state index in [1.807, 2.05) is 18.2 Å². The number of rotatable bonds is 12. The molecule has 1 N–H and O–H groups in total. The van der Waals surface area contributed by atoms with E-state index in [4.69, 9.17) is 18.9 Å². The zero-order valence-corrected chi connectivity index (χ0v) is 21.7. The first-order valence-electron chi connectivity index (χ1n) is 12.7. The Kier molecular flexibility index (Phi) is 9.61. The van der Waals surface area contributed by atoms with E-state index < -0.39 is 0 Å². The molecule has 0 aliphatic carbocycles. The van der Waals surface area contributed by atoms with Crippen molar-refractivity contribution in [2.75, 3.05) is 53.6 Å². The molecule has 0 bridgehead atoms. The van der Waals surface area contributed by atoms with E-state index in [-0.39, 0.29) is 0 Å². The molecule has 0 radical (unpaired) electrons. The van der Waals surface area contributed by atoms with Crippen molar-refractivity contribution in [1.82, 2.24) is 10.2 Å². The van der Waals surface area contributed by atoms with Crippen LogP contribution in [-0.2, 0) is 17.9 Å². The zero-order chi connectivity index (χ0) is 25.2. The number of hydrogen-bond donors (Lipinski definition) is 1. The summed E-state index contributed by atoms with van der Waals surface area (Å²) in [6.07, 6.45) is 1.09. The van der Waals surface area contributed by atoms with Crippen LogP contribution in [0.5, 0.6) is 17.2 Å². The molecule has 0 unspecified atom stereocenters. The Balaban J connectivity index is 1.37. The Morgan fingerprint density at radius 1 is 0.917 bits per heavy atom. The first-order chi connectivity index (χ1) is 17.7. The molecule has 192 valence electrons. The molecule has 3 aromatic carbocycles. The van der Waals surface area contributed by atoms with Gasteiger partial charge in [-0.3, -0.25) is 4.90 Å². The Labute approximate surface area is 215 Å². The third-order valence-electron chi connectivity index (χ3n) is 6.74. The molecular formula is C30H38N2O4. The molecule has 1 heterocycles. The van der Waals surface area contributed by atoms with E-state index in [0.717, 1.165) is 74.2 Å². The third-order valence-corrected chi connectivity index (χ3v) is 6.74. The minimum atomic E-state index is 0.470. The normalized spacial score (nSPS) is 14.0. The summed E-state index contributed by atoms with van der Waals surface area (Å²) in [7, 11) is 3.38. The van der Waals surface area contributed by atoms with Gasteiger partial charge in [0, 0.05) is 31.8 Å². The van der Waals surface area contributed by atoms with Crippen LogP contribution in [0.2, 0.25) is 0 Å². The van der Waals surface area contributed by atoms with E-state index >= 15 is 0 Å². The maximum atomic E-state index is 6.22. The lowest BCUT2D eigenvalue weighted by atomic mass is 9.97. The summed E-state index contributed by atoms with van der Waals surface area (Å²) in [6, 6.07) is 20.7. The second-order valence-corrected chi connectivity index (χ2v) is 9.04. The fraction of sp³-hybridized carbons (Fsp3) is 0.400. The van der Waals surface area contributed by atoms with Crippen molar-refractivity contribution >= 4 is 0 Å². The predicted molar refractivity (Wildman–Crippen MR) is 144 cm³/mol. The third kappa shape index (κ3) is 6.78. The summed E-state index contributed by atoms with van der Waals surface area (Å²) in [5.41, 5.74) is 5.81. The molecule has 6 nitrogen and oxygen atoms in total. The molecule has 1 aliphatic rings. The standard InChI is InChI=1S/C30H38N2O4/c1-23-25(11-7-12-27(23)24-9-5-4-6-10-24)22-36-26-19-29(33-2)28(30(20-26)34-3)21-31-13-8-14-32-15-17-35-18-16-32/h4-7,9-12,19-20,31H,8,13-18,21-22H2,1-3H3. The van der Waals surface area contributed by atoms with Gasteiger partial charge in [0.2, 0.25) is 0 Å². The molecule has 1 fully saturated rings. The zero-order valence-electron chi connectivity index (χ0n) is 21.7. The minimum absolute atomic E-state index is 0.470. The van der Waals surface area contributed by atoms with Crippen molar-refractivity contribution in [3.63, 3.8) is 0 Å². The van der Waals surface area contributed by atoms with E-state index in [2.05, 4.69) is 59.6 Å². The predicted octanol–water partition coefficient (Wildman–Crippen LogP) is 5.07. The highest BCUT2D eigenvalue weighted by Gasteiger charge is 2.15. The van der Waals surface area contributed by atoms with Gasteiger partial charge in [0.05, 0.1) is 33.0 Å². The highest BCUT2D eigenvalue weighted by molar-refractivity contribution is 5.68. The van der Waals surface area contributed by atoms with Crippen molar-refractivity contribution in [2.24, 2.45) is 0 Å². The number of ether oxygens (including phenoxy) is 4. The van der Waals surface area contributed by atoms with E-state index in [9.17, 15) is 0 Å². The smallest absolute Gasteiger partial charge is 0.130 e. The SMILES string of the molecule is COc1cc(OCc2cccc(-c3ccccc3)c2C)cc(OC)c1CNCCCN1CCOCC1. The van der Waals surface area contributed by atoms with Gasteiger partial charge in [-0.2, -0.15) is 0 Å². The number of nitrogens with one attached hydrogen (secondary N) is 1. The molecule has 0 spiro atoms. The lowest BCUT2D eigenvalue weighted by Gasteiger charge is -2.26. The van der Waals surface area contributed by atoms with Crippen molar-refractivity contribution in [3.05, 3.63) is 77.4 Å². The maximum absolute atomic E-state index is 6.22. The van der Waals surface area contributed by atoms with Gasteiger partial charge >= 0.3 is 0 Å². The molecule has 3 aromatic rings. The maximum Gasteiger partial charge on any atom is 0.130 e. The minimum Gasteiger partial charge on any atom is -0.496 e. The molecule has 36 heavy (non-hydrogen) atoms. The monoisotopic (exact) mass is 490 g/mol. The fourth-order valence-electron chi connectivity index (χ4n) is 4.61. The van der Waals surface area contributed by atoms with Gasteiger partial charge in [0.25, 0.3) is 0 Å². The van der Waals surface area contributed by atoms with Crippen molar-refractivity contribution in [1.29, 1.82) is 0 Å². The van der Waals surface area contributed by atoms with Gasteiger partial charge in [0.15, 0.2) is 0 Å². The van der Waals surface area contributed by atoms with Crippen molar-refractivity contribution in [3.8, 4) is 28.4 Å². The molecule has 1 saturated heterocycles. The Bertz CT molecular complexity index is 1070. The number of morpholine rings is 1. The number of methoxy groups -OCH3 is 2. The first kappa shape index (κ1) is 26.0. The van der Waals surface area contributed by atoms with Crippen LogP contribution in [0.1, 0.15) is 23.1 Å². The van der Waals surface area contributed by atoms with Gasteiger partial charge in [-0.1, -0.05) is 48.5 Å². The summed E-state index contributed by atoms with van der Waals surface area (Å²) >= 11 is 0. The van der Waals surface area contributed by atoms with Crippen LogP contribution in [0.4, 0.5) is 0 Å². The van der Waals surface area contributed by atoms with E-state index in [1.165, 1.54) is 16.7 Å². The van der Waals surface area contributed by atoms with Crippen LogP contribution in [-0.4, -0.2) is 58.5 Å². The highest BCUT2D eigenvalue weighted by atomic mass is 16.5. The molecule has 1 aliphatic heterocycles. The molecule has 0 amide bonds. The van der Waals surface area contributed by atoms with Gasteiger partial charge in [-0.05, 0) is 48.7 Å². The summed E-state index contributed by atoms with van der Waals surface area (Å²) in [5, 5.41) is 3.54. The Morgan fingerprint density at radius 2 is 1.64 bits per heavy atom. The number of benzene rings is 3. The van der Waals surface area contributed by atoms with Gasteiger partial charge < -0.3 is 24.3 Å². The quantitative estimate of drug-likeness (QED) is 0.358. The molecule has 0 atom stereocenters.